The molecule has 0 aromatic heterocycles. The van der Waals surface area contributed by atoms with Crippen molar-refractivity contribution in [2.45, 2.75) is 19.6 Å². The van der Waals surface area contributed by atoms with Crippen molar-refractivity contribution in [2.75, 3.05) is 58.7 Å². The summed E-state index contributed by atoms with van der Waals surface area (Å²) in [6, 6.07) is 16.0. The molecule has 4 rings (SSSR count). The number of rotatable bonds is 8. The molecule has 0 atom stereocenters. The number of hydrogen-bond donors (Lipinski definition) is 1. The van der Waals surface area contributed by atoms with Gasteiger partial charge in [-0.2, -0.15) is 4.31 Å². The SMILES string of the molecule is CS(=O)(=O)N1CCN(Cc2ccc(C(=O)NCc3ccc(CN4CCOCC4)cc3)cc2)CC1. The van der Waals surface area contributed by atoms with Gasteiger partial charge in [-0.1, -0.05) is 36.4 Å². The molecule has 9 heteroatoms. The number of morpholine rings is 1. The lowest BCUT2D eigenvalue weighted by Gasteiger charge is -2.33. The first-order chi connectivity index (χ1) is 16.4. The van der Waals surface area contributed by atoms with Crippen molar-refractivity contribution in [3.05, 3.63) is 70.8 Å². The van der Waals surface area contributed by atoms with E-state index in [1.807, 2.05) is 24.3 Å². The van der Waals surface area contributed by atoms with Gasteiger partial charge in [0.05, 0.1) is 19.5 Å². The van der Waals surface area contributed by atoms with Gasteiger partial charge in [-0.3, -0.25) is 14.6 Å². The zero-order chi connectivity index (χ0) is 24.0. The fourth-order valence-corrected chi connectivity index (χ4v) is 5.13. The van der Waals surface area contributed by atoms with E-state index in [0.29, 0.717) is 38.3 Å². The highest BCUT2D eigenvalue weighted by atomic mass is 32.2. The summed E-state index contributed by atoms with van der Waals surface area (Å²) in [6.07, 6.45) is 1.26. The zero-order valence-electron chi connectivity index (χ0n) is 19.8. The Kier molecular flexibility index (Phi) is 8.33. The number of amides is 1. The van der Waals surface area contributed by atoms with E-state index in [9.17, 15) is 13.2 Å². The molecule has 0 saturated carbocycles. The molecule has 1 amide bonds. The summed E-state index contributed by atoms with van der Waals surface area (Å²) in [5.74, 6) is -0.0919. The van der Waals surface area contributed by atoms with E-state index in [1.165, 1.54) is 16.1 Å². The summed E-state index contributed by atoms with van der Waals surface area (Å²) in [7, 11) is -3.12. The Morgan fingerprint density at radius 1 is 0.794 bits per heavy atom. The average Bonchev–Trinajstić information content (AvgIpc) is 2.84. The molecule has 2 heterocycles. The molecule has 8 nitrogen and oxygen atoms in total. The molecule has 2 aliphatic rings. The third-order valence-electron chi connectivity index (χ3n) is 6.41. The number of nitrogens with zero attached hydrogens (tertiary/aromatic N) is 3. The van der Waals surface area contributed by atoms with Gasteiger partial charge in [0.25, 0.3) is 5.91 Å². The second-order valence-electron chi connectivity index (χ2n) is 9.02. The first kappa shape index (κ1) is 24.8. The van der Waals surface area contributed by atoms with Crippen LogP contribution in [0.1, 0.15) is 27.0 Å². The maximum Gasteiger partial charge on any atom is 0.251 e. The summed E-state index contributed by atoms with van der Waals surface area (Å²) in [4.78, 5) is 17.2. The summed E-state index contributed by atoms with van der Waals surface area (Å²) < 4.78 is 30.2. The van der Waals surface area contributed by atoms with Gasteiger partial charge in [0, 0.05) is 64.5 Å². The van der Waals surface area contributed by atoms with E-state index in [2.05, 4.69) is 39.4 Å². The van der Waals surface area contributed by atoms with Crippen LogP contribution in [-0.4, -0.2) is 87.2 Å². The molecule has 2 aromatic rings. The number of benzene rings is 2. The van der Waals surface area contributed by atoms with E-state index in [1.54, 1.807) is 0 Å². The van der Waals surface area contributed by atoms with Crippen molar-refractivity contribution in [1.82, 2.24) is 19.4 Å². The Bertz CT molecular complexity index is 1040. The Morgan fingerprint density at radius 2 is 1.29 bits per heavy atom. The highest BCUT2D eigenvalue weighted by Crippen LogP contribution is 2.13. The highest BCUT2D eigenvalue weighted by Gasteiger charge is 2.23. The van der Waals surface area contributed by atoms with Crippen LogP contribution in [0.25, 0.3) is 0 Å². The monoisotopic (exact) mass is 486 g/mol. The third-order valence-corrected chi connectivity index (χ3v) is 7.71. The van der Waals surface area contributed by atoms with E-state index >= 15 is 0 Å². The molecule has 2 fully saturated rings. The molecular weight excluding hydrogens is 452 g/mol. The van der Waals surface area contributed by atoms with Crippen LogP contribution in [-0.2, 0) is 34.4 Å². The summed E-state index contributed by atoms with van der Waals surface area (Å²) in [5.41, 5.74) is 4.09. The summed E-state index contributed by atoms with van der Waals surface area (Å²) >= 11 is 0. The van der Waals surface area contributed by atoms with Gasteiger partial charge in [-0.15, -0.1) is 0 Å². The fourth-order valence-electron chi connectivity index (χ4n) is 4.30. The van der Waals surface area contributed by atoms with Gasteiger partial charge in [0.1, 0.15) is 0 Å². The smallest absolute Gasteiger partial charge is 0.251 e. The maximum absolute atomic E-state index is 12.6. The van der Waals surface area contributed by atoms with Crippen molar-refractivity contribution in [3.8, 4) is 0 Å². The van der Waals surface area contributed by atoms with Gasteiger partial charge in [0.2, 0.25) is 10.0 Å². The quantitative estimate of drug-likeness (QED) is 0.610. The van der Waals surface area contributed by atoms with Crippen LogP contribution in [0.2, 0.25) is 0 Å². The first-order valence-electron chi connectivity index (χ1n) is 11.8. The number of carbonyl (C=O) groups is 1. The van der Waals surface area contributed by atoms with Crippen molar-refractivity contribution in [2.24, 2.45) is 0 Å². The molecular formula is C25H34N4O4S. The molecule has 34 heavy (non-hydrogen) atoms. The van der Waals surface area contributed by atoms with Gasteiger partial charge < -0.3 is 10.1 Å². The van der Waals surface area contributed by atoms with Crippen LogP contribution in [0, 0.1) is 0 Å². The van der Waals surface area contributed by atoms with Gasteiger partial charge in [0.15, 0.2) is 0 Å². The fraction of sp³-hybridized carbons (Fsp3) is 0.480. The van der Waals surface area contributed by atoms with Crippen LogP contribution in [0.3, 0.4) is 0 Å². The van der Waals surface area contributed by atoms with E-state index in [-0.39, 0.29) is 5.91 Å². The van der Waals surface area contributed by atoms with E-state index < -0.39 is 10.0 Å². The first-order valence-corrected chi connectivity index (χ1v) is 13.6. The minimum Gasteiger partial charge on any atom is -0.379 e. The Morgan fingerprint density at radius 3 is 1.85 bits per heavy atom. The van der Waals surface area contributed by atoms with Crippen molar-refractivity contribution < 1.29 is 17.9 Å². The Labute approximate surface area is 202 Å². The lowest BCUT2D eigenvalue weighted by molar-refractivity contribution is 0.0342. The molecule has 1 N–H and O–H groups in total. The summed E-state index contributed by atoms with van der Waals surface area (Å²) in [5, 5.41) is 3.00. The molecule has 0 unspecified atom stereocenters. The second-order valence-corrected chi connectivity index (χ2v) is 11.0. The van der Waals surface area contributed by atoms with E-state index in [4.69, 9.17) is 4.74 Å². The number of hydrogen-bond acceptors (Lipinski definition) is 6. The molecule has 0 aliphatic carbocycles. The Balaban J connectivity index is 1.21. The number of piperazine rings is 1. The van der Waals surface area contributed by atoms with Crippen molar-refractivity contribution in [1.29, 1.82) is 0 Å². The van der Waals surface area contributed by atoms with Crippen molar-refractivity contribution >= 4 is 15.9 Å². The standard InChI is InChI=1S/C25H34N4O4S/c1-34(31,32)29-12-10-27(11-13-29)19-23-6-8-24(9-7-23)25(30)26-18-21-2-4-22(5-3-21)20-28-14-16-33-17-15-28/h2-9H,10-20H2,1H3,(H,26,30). The molecule has 2 aliphatic heterocycles. The van der Waals surface area contributed by atoms with Crippen LogP contribution < -0.4 is 5.32 Å². The molecule has 0 radical (unpaired) electrons. The molecule has 0 bridgehead atoms. The predicted octanol–water partition coefficient (Wildman–Crippen LogP) is 1.53. The maximum atomic E-state index is 12.6. The van der Waals surface area contributed by atoms with Gasteiger partial charge >= 0.3 is 0 Å². The second kappa shape index (κ2) is 11.4. The van der Waals surface area contributed by atoms with Crippen LogP contribution in [0.5, 0.6) is 0 Å². The van der Waals surface area contributed by atoms with Crippen LogP contribution in [0.4, 0.5) is 0 Å². The molecule has 2 saturated heterocycles. The lowest BCUT2D eigenvalue weighted by atomic mass is 10.1. The Hall–Kier alpha value is -2.30. The average molecular weight is 487 g/mol. The topological polar surface area (TPSA) is 82.2 Å². The minimum absolute atomic E-state index is 0.0919. The van der Waals surface area contributed by atoms with E-state index in [0.717, 1.165) is 50.5 Å². The minimum atomic E-state index is -3.12. The largest absolute Gasteiger partial charge is 0.379 e. The highest BCUT2D eigenvalue weighted by molar-refractivity contribution is 7.88. The number of sulfonamides is 1. The number of nitrogens with one attached hydrogen (secondary N) is 1. The predicted molar refractivity (Wildman–Crippen MR) is 132 cm³/mol. The zero-order valence-corrected chi connectivity index (χ0v) is 20.6. The molecule has 2 aromatic carbocycles. The molecule has 184 valence electrons. The number of carbonyl (C=O) groups excluding carboxylic acids is 1. The molecule has 0 spiro atoms. The normalized spacial score (nSPS) is 18.6. The van der Waals surface area contributed by atoms with Gasteiger partial charge in [-0.05, 0) is 28.8 Å². The summed E-state index contributed by atoms with van der Waals surface area (Å²) in [6.45, 7) is 8.16. The number of ether oxygens (including phenoxy) is 1. The van der Waals surface area contributed by atoms with Crippen molar-refractivity contribution in [3.63, 3.8) is 0 Å². The third kappa shape index (κ3) is 7.10. The lowest BCUT2D eigenvalue weighted by Crippen LogP contribution is -2.47. The van der Waals surface area contributed by atoms with Gasteiger partial charge in [-0.25, -0.2) is 8.42 Å². The van der Waals surface area contributed by atoms with Crippen LogP contribution >= 0.6 is 0 Å². The van der Waals surface area contributed by atoms with Crippen LogP contribution in [0.15, 0.2) is 48.5 Å².